The summed E-state index contributed by atoms with van der Waals surface area (Å²) in [4.78, 5) is 23.0. The molecule has 0 aliphatic heterocycles. The summed E-state index contributed by atoms with van der Waals surface area (Å²) in [5, 5.41) is 14.4. The van der Waals surface area contributed by atoms with Crippen molar-refractivity contribution in [2.75, 3.05) is 5.32 Å². The fraction of sp³-hybridized carbons (Fsp3) is 0.300. The Kier molecular flexibility index (Phi) is 7.02. The number of carboxylic acids is 1. The molecule has 0 saturated heterocycles. The van der Waals surface area contributed by atoms with Gasteiger partial charge in [0.2, 0.25) is 0 Å². The number of anilines is 1. The lowest BCUT2D eigenvalue weighted by atomic mass is 10.0. The van der Waals surface area contributed by atoms with Crippen LogP contribution in [0.25, 0.3) is 0 Å². The van der Waals surface area contributed by atoms with Crippen molar-refractivity contribution in [3.05, 3.63) is 54.6 Å². The van der Waals surface area contributed by atoms with Gasteiger partial charge in [0, 0.05) is 11.7 Å². The molecule has 2 aromatic rings. The van der Waals surface area contributed by atoms with Gasteiger partial charge in [-0.05, 0) is 48.7 Å². The van der Waals surface area contributed by atoms with Crippen molar-refractivity contribution in [2.45, 2.75) is 32.7 Å². The van der Waals surface area contributed by atoms with E-state index >= 15 is 0 Å². The summed E-state index contributed by atoms with van der Waals surface area (Å²) in [5.41, 5.74) is 0.599. The molecular formula is C20H24N2O4. The van der Waals surface area contributed by atoms with Crippen molar-refractivity contribution in [3.8, 4) is 11.5 Å². The van der Waals surface area contributed by atoms with Crippen LogP contribution in [0.15, 0.2) is 54.6 Å². The van der Waals surface area contributed by atoms with Gasteiger partial charge in [0.25, 0.3) is 0 Å². The van der Waals surface area contributed by atoms with Crippen LogP contribution >= 0.6 is 0 Å². The molecule has 0 spiro atoms. The Morgan fingerprint density at radius 3 is 2.19 bits per heavy atom. The summed E-state index contributed by atoms with van der Waals surface area (Å²) in [5.74, 6) is 0.745. The van der Waals surface area contributed by atoms with Crippen LogP contribution in [0, 0.1) is 5.92 Å². The number of ether oxygens (including phenoxy) is 1. The van der Waals surface area contributed by atoms with Gasteiger partial charge in [-0.15, -0.1) is 0 Å². The summed E-state index contributed by atoms with van der Waals surface area (Å²) < 4.78 is 5.70. The number of hydrogen-bond donors (Lipinski definition) is 3. The molecule has 3 N–H and O–H groups in total. The third kappa shape index (κ3) is 6.84. The molecule has 26 heavy (non-hydrogen) atoms. The minimum Gasteiger partial charge on any atom is -0.481 e. The number of rotatable bonds is 8. The second-order valence-electron chi connectivity index (χ2n) is 6.46. The normalized spacial score (nSPS) is 11.7. The number of amides is 2. The van der Waals surface area contributed by atoms with E-state index in [1.54, 1.807) is 24.3 Å². The van der Waals surface area contributed by atoms with Crippen molar-refractivity contribution >= 4 is 17.7 Å². The average molecular weight is 356 g/mol. The molecule has 138 valence electrons. The molecule has 0 bridgehead atoms. The first-order valence-electron chi connectivity index (χ1n) is 8.54. The summed E-state index contributed by atoms with van der Waals surface area (Å²) in [6, 6.07) is 15.5. The lowest BCUT2D eigenvalue weighted by molar-refractivity contribution is -0.137. The zero-order chi connectivity index (χ0) is 18.9. The Bertz CT molecular complexity index is 714. The molecule has 2 rings (SSSR count). The van der Waals surface area contributed by atoms with E-state index in [1.807, 2.05) is 44.2 Å². The van der Waals surface area contributed by atoms with Gasteiger partial charge in [0.05, 0.1) is 6.42 Å². The van der Waals surface area contributed by atoms with Gasteiger partial charge in [0.15, 0.2) is 0 Å². The molecule has 0 aliphatic rings. The van der Waals surface area contributed by atoms with Crippen LogP contribution in [0.4, 0.5) is 10.5 Å². The number of carbonyl (C=O) groups is 2. The third-order valence-corrected chi connectivity index (χ3v) is 3.60. The Morgan fingerprint density at radius 2 is 1.62 bits per heavy atom. The molecule has 0 heterocycles. The molecule has 6 nitrogen and oxygen atoms in total. The van der Waals surface area contributed by atoms with E-state index in [4.69, 9.17) is 9.84 Å². The predicted molar refractivity (Wildman–Crippen MR) is 101 cm³/mol. The van der Waals surface area contributed by atoms with E-state index in [0.717, 1.165) is 5.75 Å². The summed E-state index contributed by atoms with van der Waals surface area (Å²) in [6.45, 7) is 3.97. The van der Waals surface area contributed by atoms with Gasteiger partial charge >= 0.3 is 12.0 Å². The molecule has 6 heteroatoms. The molecular weight excluding hydrogens is 332 g/mol. The van der Waals surface area contributed by atoms with Crippen LogP contribution in [0.1, 0.15) is 26.7 Å². The first-order chi connectivity index (χ1) is 12.4. The maximum Gasteiger partial charge on any atom is 0.319 e. The zero-order valence-electron chi connectivity index (χ0n) is 14.9. The topological polar surface area (TPSA) is 87.7 Å². The molecule has 0 saturated carbocycles. The highest BCUT2D eigenvalue weighted by Crippen LogP contribution is 2.22. The summed E-state index contributed by atoms with van der Waals surface area (Å²) in [7, 11) is 0. The first kappa shape index (κ1) is 19.3. The number of nitrogens with one attached hydrogen (secondary N) is 2. The van der Waals surface area contributed by atoms with E-state index in [1.165, 1.54) is 0 Å². The number of carbonyl (C=O) groups excluding carboxylic acids is 1. The molecule has 0 radical (unpaired) electrons. The largest absolute Gasteiger partial charge is 0.481 e. The number of hydrogen-bond acceptors (Lipinski definition) is 3. The van der Waals surface area contributed by atoms with Crippen LogP contribution in [0.3, 0.4) is 0 Å². The standard InChI is InChI=1S/C20H24N2O4/c1-14(2)12-16(13-19(23)24)22-20(25)21-15-8-10-18(11-9-15)26-17-6-4-3-5-7-17/h3-11,14,16H,12-13H2,1-2H3,(H,23,24)(H2,21,22,25). The van der Waals surface area contributed by atoms with Gasteiger partial charge in [-0.1, -0.05) is 32.0 Å². The second kappa shape index (κ2) is 9.46. The van der Waals surface area contributed by atoms with Crippen molar-refractivity contribution in [2.24, 2.45) is 5.92 Å². The van der Waals surface area contributed by atoms with Gasteiger partial charge < -0.3 is 20.5 Å². The minimum atomic E-state index is -0.932. The first-order valence-corrected chi connectivity index (χ1v) is 8.54. The SMILES string of the molecule is CC(C)CC(CC(=O)O)NC(=O)Nc1ccc(Oc2ccccc2)cc1. The molecule has 2 amide bonds. The highest BCUT2D eigenvalue weighted by molar-refractivity contribution is 5.89. The van der Waals surface area contributed by atoms with Gasteiger partial charge in [-0.2, -0.15) is 0 Å². The quantitative estimate of drug-likeness (QED) is 0.650. The Hall–Kier alpha value is -3.02. The number of para-hydroxylation sites is 1. The van der Waals surface area contributed by atoms with Crippen LogP contribution in [0.2, 0.25) is 0 Å². The van der Waals surface area contributed by atoms with Gasteiger partial charge in [-0.3, -0.25) is 4.79 Å². The van der Waals surface area contributed by atoms with Crippen molar-refractivity contribution < 1.29 is 19.4 Å². The van der Waals surface area contributed by atoms with E-state index < -0.39 is 18.0 Å². The second-order valence-corrected chi connectivity index (χ2v) is 6.46. The number of aliphatic carboxylic acids is 1. The van der Waals surface area contributed by atoms with Crippen molar-refractivity contribution in [3.63, 3.8) is 0 Å². The van der Waals surface area contributed by atoms with Crippen molar-refractivity contribution in [1.29, 1.82) is 0 Å². The predicted octanol–water partition coefficient (Wildman–Crippen LogP) is 4.49. The van der Waals surface area contributed by atoms with Gasteiger partial charge in [-0.25, -0.2) is 4.79 Å². The lowest BCUT2D eigenvalue weighted by Crippen LogP contribution is -2.40. The van der Waals surface area contributed by atoms with E-state index in [2.05, 4.69) is 10.6 Å². The zero-order valence-corrected chi connectivity index (χ0v) is 14.9. The Labute approximate surface area is 153 Å². The number of carboxylic acid groups (broad SMARTS) is 1. The van der Waals surface area contributed by atoms with E-state index in [-0.39, 0.29) is 12.3 Å². The number of benzene rings is 2. The third-order valence-electron chi connectivity index (χ3n) is 3.60. The maximum absolute atomic E-state index is 12.1. The highest BCUT2D eigenvalue weighted by atomic mass is 16.5. The van der Waals surface area contributed by atoms with Gasteiger partial charge in [0.1, 0.15) is 11.5 Å². The van der Waals surface area contributed by atoms with Crippen LogP contribution < -0.4 is 15.4 Å². The smallest absolute Gasteiger partial charge is 0.319 e. The molecule has 0 aliphatic carbocycles. The minimum absolute atomic E-state index is 0.102. The van der Waals surface area contributed by atoms with E-state index in [0.29, 0.717) is 17.9 Å². The average Bonchev–Trinajstić information content (AvgIpc) is 2.56. The fourth-order valence-corrected chi connectivity index (χ4v) is 2.56. The molecule has 2 aromatic carbocycles. The highest BCUT2D eigenvalue weighted by Gasteiger charge is 2.17. The summed E-state index contributed by atoms with van der Waals surface area (Å²) in [6.07, 6.45) is 0.499. The number of urea groups is 1. The monoisotopic (exact) mass is 356 g/mol. The van der Waals surface area contributed by atoms with E-state index in [9.17, 15) is 9.59 Å². The van der Waals surface area contributed by atoms with Crippen molar-refractivity contribution in [1.82, 2.24) is 5.32 Å². The maximum atomic E-state index is 12.1. The molecule has 1 unspecified atom stereocenters. The lowest BCUT2D eigenvalue weighted by Gasteiger charge is -2.19. The molecule has 0 fully saturated rings. The van der Waals surface area contributed by atoms with Crippen LogP contribution in [-0.4, -0.2) is 23.1 Å². The fourth-order valence-electron chi connectivity index (χ4n) is 2.56. The summed E-state index contributed by atoms with van der Waals surface area (Å²) >= 11 is 0. The van der Waals surface area contributed by atoms with Crippen LogP contribution in [0.5, 0.6) is 11.5 Å². The molecule has 0 aromatic heterocycles. The Balaban J connectivity index is 1.90. The molecule has 1 atom stereocenters. The Morgan fingerprint density at radius 1 is 1.00 bits per heavy atom. The van der Waals surface area contributed by atoms with Crippen LogP contribution in [-0.2, 0) is 4.79 Å².